The summed E-state index contributed by atoms with van der Waals surface area (Å²) in [5, 5.41) is 13.7. The molecule has 0 bridgehead atoms. The van der Waals surface area contributed by atoms with Crippen molar-refractivity contribution in [1.82, 2.24) is 9.55 Å². The summed E-state index contributed by atoms with van der Waals surface area (Å²) in [5.41, 5.74) is -0.809. The second-order valence-electron chi connectivity index (χ2n) is 6.20. The molecule has 0 amide bonds. The van der Waals surface area contributed by atoms with E-state index in [1.54, 1.807) is 17.0 Å². The molecule has 0 radical (unpaired) electrons. The first-order chi connectivity index (χ1) is 10.1. The zero-order chi connectivity index (χ0) is 15.3. The van der Waals surface area contributed by atoms with E-state index >= 15 is 0 Å². The van der Waals surface area contributed by atoms with Crippen LogP contribution in [0.25, 0.3) is 0 Å². The number of nitrogens with zero attached hydrogens (tertiary/aromatic N) is 2. The van der Waals surface area contributed by atoms with Crippen LogP contribution < -0.4 is 10.9 Å². The molecule has 1 saturated carbocycles. The Morgan fingerprint density at radius 1 is 1.43 bits per heavy atom. The third kappa shape index (κ3) is 4.06. The van der Waals surface area contributed by atoms with Gasteiger partial charge in [0.2, 0.25) is 0 Å². The zero-order valence-corrected chi connectivity index (χ0v) is 13.1. The van der Waals surface area contributed by atoms with Crippen LogP contribution in [-0.4, -0.2) is 26.8 Å². The van der Waals surface area contributed by atoms with Gasteiger partial charge in [-0.15, -0.1) is 0 Å². The molecule has 1 heterocycles. The average Bonchev–Trinajstić information content (AvgIpc) is 2.49. The van der Waals surface area contributed by atoms with Crippen molar-refractivity contribution in [2.24, 2.45) is 5.92 Å². The number of hydrogen-bond donors (Lipinski definition) is 2. The monoisotopic (exact) mass is 293 g/mol. The maximum absolute atomic E-state index is 12.2. The minimum absolute atomic E-state index is 0.106. The molecule has 0 atom stereocenters. The molecule has 2 N–H and O–H groups in total. The molecular weight excluding hydrogens is 266 g/mol. The molecule has 5 nitrogen and oxygen atoms in total. The number of aromatic nitrogens is 2. The molecule has 21 heavy (non-hydrogen) atoms. The molecule has 1 fully saturated rings. The van der Waals surface area contributed by atoms with E-state index in [1.807, 2.05) is 6.92 Å². The number of rotatable bonds is 6. The molecule has 118 valence electrons. The minimum Gasteiger partial charge on any atom is -0.388 e. The van der Waals surface area contributed by atoms with E-state index < -0.39 is 5.60 Å². The number of hydrogen-bond acceptors (Lipinski definition) is 4. The smallest absolute Gasteiger partial charge is 0.293 e. The summed E-state index contributed by atoms with van der Waals surface area (Å²) in [7, 11) is 0. The fourth-order valence-corrected chi connectivity index (χ4v) is 3.03. The van der Waals surface area contributed by atoms with Gasteiger partial charge in [0.05, 0.1) is 5.60 Å². The summed E-state index contributed by atoms with van der Waals surface area (Å²) in [6.07, 6.45) is 9.17. The summed E-state index contributed by atoms with van der Waals surface area (Å²) in [6.45, 7) is 5.34. The molecule has 0 spiro atoms. The molecule has 0 saturated heterocycles. The van der Waals surface area contributed by atoms with E-state index in [0.717, 1.165) is 38.0 Å². The van der Waals surface area contributed by atoms with E-state index in [9.17, 15) is 9.90 Å². The van der Waals surface area contributed by atoms with Gasteiger partial charge in [-0.25, -0.2) is 4.98 Å². The van der Waals surface area contributed by atoms with Crippen molar-refractivity contribution in [3.05, 3.63) is 22.7 Å². The SMILES string of the molecule is CCCn1ccnc(NCC2(O)CCC(CC)CC2)c1=O. The first kappa shape index (κ1) is 16.0. The second-order valence-corrected chi connectivity index (χ2v) is 6.20. The first-order valence-corrected chi connectivity index (χ1v) is 8.09. The lowest BCUT2D eigenvalue weighted by atomic mass is 9.78. The molecule has 0 aliphatic heterocycles. The summed E-state index contributed by atoms with van der Waals surface area (Å²) in [6, 6.07) is 0. The van der Waals surface area contributed by atoms with Gasteiger partial charge in [0.25, 0.3) is 5.56 Å². The van der Waals surface area contributed by atoms with Gasteiger partial charge in [0.15, 0.2) is 5.82 Å². The third-order valence-corrected chi connectivity index (χ3v) is 4.58. The van der Waals surface area contributed by atoms with Crippen molar-refractivity contribution in [2.75, 3.05) is 11.9 Å². The maximum Gasteiger partial charge on any atom is 0.293 e. The molecule has 0 unspecified atom stereocenters. The van der Waals surface area contributed by atoms with Crippen molar-refractivity contribution in [1.29, 1.82) is 0 Å². The molecule has 2 rings (SSSR count). The lowest BCUT2D eigenvalue weighted by molar-refractivity contribution is 0.00220. The topological polar surface area (TPSA) is 67.2 Å². The molecule has 1 aliphatic rings. The number of anilines is 1. The normalized spacial score (nSPS) is 25.8. The average molecular weight is 293 g/mol. The van der Waals surface area contributed by atoms with Gasteiger partial charge in [0, 0.05) is 25.5 Å². The van der Waals surface area contributed by atoms with Crippen LogP contribution in [0.4, 0.5) is 5.82 Å². The fraction of sp³-hybridized carbons (Fsp3) is 0.750. The zero-order valence-electron chi connectivity index (χ0n) is 13.1. The molecule has 1 aliphatic carbocycles. The van der Waals surface area contributed by atoms with Crippen LogP contribution in [0.3, 0.4) is 0 Å². The summed E-state index contributed by atoms with van der Waals surface area (Å²) in [5.74, 6) is 1.08. The quantitative estimate of drug-likeness (QED) is 0.845. The van der Waals surface area contributed by atoms with Gasteiger partial charge >= 0.3 is 0 Å². The van der Waals surface area contributed by atoms with E-state index in [0.29, 0.717) is 18.9 Å². The van der Waals surface area contributed by atoms with Gasteiger partial charge in [-0.1, -0.05) is 20.3 Å². The van der Waals surface area contributed by atoms with Gasteiger partial charge in [-0.3, -0.25) is 4.79 Å². The van der Waals surface area contributed by atoms with Crippen LogP contribution in [0.1, 0.15) is 52.4 Å². The van der Waals surface area contributed by atoms with Gasteiger partial charge in [-0.2, -0.15) is 0 Å². The summed E-state index contributed by atoms with van der Waals surface area (Å²) in [4.78, 5) is 16.3. The molecular formula is C16H27N3O2. The summed E-state index contributed by atoms with van der Waals surface area (Å²) >= 11 is 0. The second kappa shape index (κ2) is 7.07. The fourth-order valence-electron chi connectivity index (χ4n) is 3.03. The van der Waals surface area contributed by atoms with Crippen molar-refractivity contribution < 1.29 is 5.11 Å². The predicted octanol–water partition coefficient (Wildman–Crippen LogP) is 2.40. The highest BCUT2D eigenvalue weighted by Gasteiger charge is 2.32. The van der Waals surface area contributed by atoms with Crippen LogP contribution in [-0.2, 0) is 6.54 Å². The number of aliphatic hydroxyl groups is 1. The van der Waals surface area contributed by atoms with Crippen LogP contribution in [0.15, 0.2) is 17.2 Å². The Kier molecular flexibility index (Phi) is 5.39. The molecule has 5 heteroatoms. The highest BCUT2D eigenvalue weighted by atomic mass is 16.3. The van der Waals surface area contributed by atoms with E-state index in [-0.39, 0.29) is 5.56 Å². The Balaban J connectivity index is 1.97. The highest BCUT2D eigenvalue weighted by molar-refractivity contribution is 5.31. The van der Waals surface area contributed by atoms with Crippen LogP contribution in [0.5, 0.6) is 0 Å². The van der Waals surface area contributed by atoms with Crippen molar-refractivity contribution in [3.8, 4) is 0 Å². The predicted molar refractivity (Wildman–Crippen MR) is 84.5 cm³/mol. The van der Waals surface area contributed by atoms with Gasteiger partial charge in [0.1, 0.15) is 0 Å². The summed E-state index contributed by atoms with van der Waals surface area (Å²) < 4.78 is 1.66. The Morgan fingerprint density at radius 2 is 2.14 bits per heavy atom. The Morgan fingerprint density at radius 3 is 2.76 bits per heavy atom. The lowest BCUT2D eigenvalue weighted by Crippen LogP contribution is -2.41. The standard InChI is InChI=1S/C16H27N3O2/c1-3-10-19-11-9-17-14(15(19)20)18-12-16(21)7-5-13(4-2)6-8-16/h9,11,13,21H,3-8,10,12H2,1-2H3,(H,17,18). The van der Waals surface area contributed by atoms with Crippen LogP contribution >= 0.6 is 0 Å². The first-order valence-electron chi connectivity index (χ1n) is 8.09. The maximum atomic E-state index is 12.2. The molecule has 1 aromatic rings. The van der Waals surface area contributed by atoms with E-state index in [1.165, 1.54) is 6.42 Å². The largest absolute Gasteiger partial charge is 0.388 e. The van der Waals surface area contributed by atoms with Gasteiger partial charge < -0.3 is 15.0 Å². The Bertz CT molecular complexity index is 504. The lowest BCUT2D eigenvalue weighted by Gasteiger charge is -2.35. The van der Waals surface area contributed by atoms with Crippen LogP contribution in [0.2, 0.25) is 0 Å². The number of nitrogens with one attached hydrogen (secondary N) is 1. The van der Waals surface area contributed by atoms with E-state index in [4.69, 9.17) is 0 Å². The van der Waals surface area contributed by atoms with Crippen LogP contribution in [0, 0.1) is 5.92 Å². The Hall–Kier alpha value is -1.36. The van der Waals surface area contributed by atoms with E-state index in [2.05, 4.69) is 17.2 Å². The highest BCUT2D eigenvalue weighted by Crippen LogP contribution is 2.33. The van der Waals surface area contributed by atoms with Crippen molar-refractivity contribution in [3.63, 3.8) is 0 Å². The Labute approximate surface area is 126 Å². The van der Waals surface area contributed by atoms with Crippen molar-refractivity contribution >= 4 is 5.82 Å². The minimum atomic E-state index is -0.703. The third-order valence-electron chi connectivity index (χ3n) is 4.58. The van der Waals surface area contributed by atoms with Crippen molar-refractivity contribution in [2.45, 2.75) is 64.5 Å². The molecule has 1 aromatic heterocycles. The number of aryl methyl sites for hydroxylation is 1. The van der Waals surface area contributed by atoms with Gasteiger partial charge in [-0.05, 0) is 38.0 Å². The molecule has 0 aromatic carbocycles.